The Bertz CT molecular complexity index is 955. The van der Waals surface area contributed by atoms with Gasteiger partial charge in [-0.3, -0.25) is 4.90 Å². The van der Waals surface area contributed by atoms with Gasteiger partial charge in [-0.1, -0.05) is 30.3 Å². The molecule has 7 nitrogen and oxygen atoms in total. The van der Waals surface area contributed by atoms with E-state index in [1.807, 2.05) is 34.9 Å². The minimum atomic E-state index is -0.505. The van der Waals surface area contributed by atoms with Gasteiger partial charge in [0.05, 0.1) is 12.2 Å². The van der Waals surface area contributed by atoms with Crippen molar-refractivity contribution in [3.63, 3.8) is 0 Å². The van der Waals surface area contributed by atoms with E-state index in [9.17, 15) is 4.79 Å². The number of amides is 1. The summed E-state index contributed by atoms with van der Waals surface area (Å²) in [7, 11) is 4.06. The van der Waals surface area contributed by atoms with Crippen molar-refractivity contribution in [3.05, 3.63) is 53.0 Å². The van der Waals surface area contributed by atoms with Crippen LogP contribution in [0.25, 0.3) is 0 Å². The molecule has 0 aliphatic carbocycles. The van der Waals surface area contributed by atoms with Crippen LogP contribution < -0.4 is 4.90 Å². The first-order valence-corrected chi connectivity index (χ1v) is 11.5. The minimum absolute atomic E-state index is 0.274. The van der Waals surface area contributed by atoms with Gasteiger partial charge in [0.1, 0.15) is 17.2 Å². The predicted molar refractivity (Wildman–Crippen MR) is 126 cm³/mol. The Labute approximate surface area is 191 Å². The summed E-state index contributed by atoms with van der Waals surface area (Å²) in [4.78, 5) is 28.9. The normalized spacial score (nSPS) is 19.0. The van der Waals surface area contributed by atoms with Crippen LogP contribution in [0.1, 0.15) is 55.8 Å². The molecule has 1 atom stereocenters. The maximum Gasteiger partial charge on any atom is 0.410 e. The van der Waals surface area contributed by atoms with E-state index in [1.54, 1.807) is 4.90 Å². The molecule has 1 saturated heterocycles. The molecule has 32 heavy (non-hydrogen) atoms. The SMILES string of the molecule is CN(C)c1nc(C2CCN(Cc3ccccc3)C2)nc2c1CCN(C(=O)OC(C)(C)C)C2. The number of anilines is 1. The third kappa shape index (κ3) is 5.21. The second kappa shape index (κ2) is 9.06. The quantitative estimate of drug-likeness (QED) is 0.725. The Balaban J connectivity index is 1.52. The molecule has 1 amide bonds. The van der Waals surface area contributed by atoms with Crippen molar-refractivity contribution in [1.82, 2.24) is 19.8 Å². The maximum absolute atomic E-state index is 12.6. The highest BCUT2D eigenvalue weighted by Crippen LogP contribution is 2.32. The standard InChI is InChI=1S/C25H35N5O2/c1-25(2,3)32-24(31)30-14-12-20-21(17-30)26-22(27-23(20)28(4)5)19-11-13-29(16-19)15-18-9-7-6-8-10-18/h6-10,19H,11-17H2,1-5H3. The molecule has 2 aliphatic heterocycles. The van der Waals surface area contributed by atoms with E-state index in [0.29, 0.717) is 19.0 Å². The summed E-state index contributed by atoms with van der Waals surface area (Å²) in [5.74, 6) is 2.18. The lowest BCUT2D eigenvalue weighted by molar-refractivity contribution is 0.0220. The fraction of sp³-hybridized carbons (Fsp3) is 0.560. The molecule has 0 N–H and O–H groups in total. The topological polar surface area (TPSA) is 61.8 Å². The molecule has 2 aliphatic rings. The molecule has 4 rings (SSSR count). The number of hydrogen-bond acceptors (Lipinski definition) is 6. The molecular formula is C25H35N5O2. The molecule has 3 heterocycles. The van der Waals surface area contributed by atoms with E-state index in [-0.39, 0.29) is 6.09 Å². The first-order chi connectivity index (χ1) is 15.2. The van der Waals surface area contributed by atoms with Crippen LogP contribution in [-0.2, 0) is 24.2 Å². The first-order valence-electron chi connectivity index (χ1n) is 11.5. The molecule has 7 heteroatoms. The zero-order chi connectivity index (χ0) is 22.9. The average molecular weight is 438 g/mol. The highest BCUT2D eigenvalue weighted by molar-refractivity contribution is 5.69. The van der Waals surface area contributed by atoms with Crippen molar-refractivity contribution < 1.29 is 9.53 Å². The Morgan fingerprint density at radius 2 is 1.91 bits per heavy atom. The number of ether oxygens (including phenoxy) is 1. The monoisotopic (exact) mass is 437 g/mol. The van der Waals surface area contributed by atoms with E-state index in [2.05, 4.69) is 40.1 Å². The molecule has 0 radical (unpaired) electrons. The first kappa shape index (κ1) is 22.5. The van der Waals surface area contributed by atoms with Crippen molar-refractivity contribution >= 4 is 11.9 Å². The van der Waals surface area contributed by atoms with Crippen LogP contribution in [0.5, 0.6) is 0 Å². The summed E-state index contributed by atoms with van der Waals surface area (Å²) >= 11 is 0. The fourth-order valence-electron chi connectivity index (χ4n) is 4.49. The molecule has 1 aromatic carbocycles. The molecule has 1 fully saturated rings. The van der Waals surface area contributed by atoms with Crippen LogP contribution in [0.15, 0.2) is 30.3 Å². The van der Waals surface area contributed by atoms with Gasteiger partial charge in [-0.25, -0.2) is 14.8 Å². The van der Waals surface area contributed by atoms with Crippen molar-refractivity contribution in [2.75, 3.05) is 38.6 Å². The third-order valence-corrected chi connectivity index (χ3v) is 6.02. The van der Waals surface area contributed by atoms with Gasteiger partial charge in [0.25, 0.3) is 0 Å². The number of fused-ring (bicyclic) bond motifs is 1. The summed E-state index contributed by atoms with van der Waals surface area (Å²) in [5, 5.41) is 0. The van der Waals surface area contributed by atoms with Crippen molar-refractivity contribution in [3.8, 4) is 0 Å². The smallest absolute Gasteiger partial charge is 0.410 e. The van der Waals surface area contributed by atoms with Crippen molar-refractivity contribution in [2.45, 2.75) is 58.2 Å². The molecule has 0 bridgehead atoms. The van der Waals surface area contributed by atoms with Crippen LogP contribution >= 0.6 is 0 Å². The van der Waals surface area contributed by atoms with Crippen LogP contribution in [-0.4, -0.2) is 65.2 Å². The van der Waals surface area contributed by atoms with Gasteiger partial charge in [0.2, 0.25) is 0 Å². The number of benzene rings is 1. The predicted octanol–water partition coefficient (Wildman–Crippen LogP) is 3.83. The fourth-order valence-corrected chi connectivity index (χ4v) is 4.49. The summed E-state index contributed by atoms with van der Waals surface area (Å²) in [6, 6.07) is 10.6. The number of nitrogens with zero attached hydrogens (tertiary/aromatic N) is 5. The molecule has 0 saturated carbocycles. The van der Waals surface area contributed by atoms with Gasteiger partial charge in [-0.2, -0.15) is 0 Å². The lowest BCUT2D eigenvalue weighted by atomic mass is 10.0. The summed E-state index contributed by atoms with van der Waals surface area (Å²) in [6.45, 7) is 9.74. The highest BCUT2D eigenvalue weighted by atomic mass is 16.6. The zero-order valence-corrected chi connectivity index (χ0v) is 20.0. The molecule has 1 unspecified atom stereocenters. The highest BCUT2D eigenvalue weighted by Gasteiger charge is 2.32. The molecule has 0 spiro atoms. The molecule has 1 aromatic heterocycles. The number of aromatic nitrogens is 2. The Morgan fingerprint density at radius 3 is 2.59 bits per heavy atom. The van der Waals surface area contributed by atoms with Crippen LogP contribution in [0.4, 0.5) is 10.6 Å². The molecule has 2 aromatic rings. The van der Waals surface area contributed by atoms with Crippen LogP contribution in [0.2, 0.25) is 0 Å². The molecular weight excluding hydrogens is 402 g/mol. The van der Waals surface area contributed by atoms with E-state index in [1.165, 1.54) is 5.56 Å². The van der Waals surface area contributed by atoms with Gasteiger partial charge < -0.3 is 14.5 Å². The number of rotatable bonds is 4. The summed E-state index contributed by atoms with van der Waals surface area (Å²) < 4.78 is 5.60. The van der Waals surface area contributed by atoms with Crippen molar-refractivity contribution in [1.29, 1.82) is 0 Å². The summed E-state index contributed by atoms with van der Waals surface area (Å²) in [5.41, 5.74) is 2.94. The van der Waals surface area contributed by atoms with E-state index >= 15 is 0 Å². The minimum Gasteiger partial charge on any atom is -0.444 e. The Morgan fingerprint density at radius 1 is 1.16 bits per heavy atom. The van der Waals surface area contributed by atoms with Crippen molar-refractivity contribution in [2.24, 2.45) is 0 Å². The van der Waals surface area contributed by atoms with Gasteiger partial charge in [-0.05, 0) is 45.7 Å². The maximum atomic E-state index is 12.6. The second-order valence-corrected chi connectivity index (χ2v) is 10.1. The second-order valence-electron chi connectivity index (χ2n) is 10.1. The van der Waals surface area contributed by atoms with E-state index in [0.717, 1.165) is 55.4 Å². The largest absolute Gasteiger partial charge is 0.444 e. The Kier molecular flexibility index (Phi) is 6.38. The average Bonchev–Trinajstić information content (AvgIpc) is 3.20. The van der Waals surface area contributed by atoms with E-state index < -0.39 is 5.60 Å². The number of carbonyl (C=O) groups excluding carboxylic acids is 1. The molecule has 172 valence electrons. The number of likely N-dealkylation sites (tertiary alicyclic amines) is 1. The van der Waals surface area contributed by atoms with Gasteiger partial charge in [0, 0.05) is 45.2 Å². The lowest BCUT2D eigenvalue weighted by Crippen LogP contribution is -2.41. The number of hydrogen-bond donors (Lipinski definition) is 0. The van der Waals surface area contributed by atoms with Crippen LogP contribution in [0, 0.1) is 0 Å². The van der Waals surface area contributed by atoms with Gasteiger partial charge >= 0.3 is 6.09 Å². The lowest BCUT2D eigenvalue weighted by Gasteiger charge is -2.32. The Hall–Kier alpha value is -2.67. The van der Waals surface area contributed by atoms with E-state index in [4.69, 9.17) is 14.7 Å². The summed E-state index contributed by atoms with van der Waals surface area (Å²) in [6.07, 6.45) is 1.52. The van der Waals surface area contributed by atoms with Gasteiger partial charge in [0.15, 0.2) is 0 Å². The zero-order valence-electron chi connectivity index (χ0n) is 20.0. The third-order valence-electron chi connectivity index (χ3n) is 6.02. The van der Waals surface area contributed by atoms with Crippen LogP contribution in [0.3, 0.4) is 0 Å². The number of carbonyl (C=O) groups is 1. The van der Waals surface area contributed by atoms with Gasteiger partial charge in [-0.15, -0.1) is 0 Å².